The van der Waals surface area contributed by atoms with Crippen LogP contribution in [0.1, 0.15) is 29.4 Å². The highest BCUT2D eigenvalue weighted by Gasteiger charge is 2.40. The maximum atomic E-state index is 13.3. The minimum atomic E-state index is -4.43. The molecular weight excluding hydrogens is 343 g/mol. The molecular formula is C16H17ClF3N3O. The third-order valence-corrected chi connectivity index (χ3v) is 4.73. The van der Waals surface area contributed by atoms with Gasteiger partial charge in [0.25, 0.3) is 0 Å². The van der Waals surface area contributed by atoms with Crippen LogP contribution >= 0.6 is 11.6 Å². The highest BCUT2D eigenvalue weighted by molar-refractivity contribution is 6.29. The summed E-state index contributed by atoms with van der Waals surface area (Å²) >= 11 is 5.97. The topological polar surface area (TPSA) is 41.3 Å². The number of β-amino-alcohol motifs (C(OH)–C–C–N with tert-alkyl or cyclic N) is 1. The standard InChI is InChI=1S/C16H17ClF3N3O/c1-22-14(17)7-21-15(22)9-23-8-10(24)6-13(23)11-4-2-3-5-12(11)16(18,19)20/h2-5,7,10,13,24H,6,8-9H2,1H3/t10-,13-/m0/s1. The van der Waals surface area contributed by atoms with Gasteiger partial charge in [0.05, 0.1) is 24.4 Å². The molecule has 1 fully saturated rings. The quantitative estimate of drug-likeness (QED) is 0.913. The third kappa shape index (κ3) is 3.29. The van der Waals surface area contributed by atoms with E-state index >= 15 is 0 Å². The molecule has 130 valence electrons. The first-order chi connectivity index (χ1) is 11.3. The van der Waals surface area contributed by atoms with Gasteiger partial charge >= 0.3 is 6.18 Å². The lowest BCUT2D eigenvalue weighted by Crippen LogP contribution is -2.27. The Bertz CT molecular complexity index is 732. The number of aliphatic hydroxyl groups excluding tert-OH is 1. The van der Waals surface area contributed by atoms with Gasteiger partial charge < -0.3 is 9.67 Å². The Hall–Kier alpha value is -1.57. The van der Waals surface area contributed by atoms with E-state index in [0.717, 1.165) is 6.07 Å². The van der Waals surface area contributed by atoms with Crippen LogP contribution in [0.5, 0.6) is 0 Å². The second kappa shape index (κ2) is 6.38. The predicted octanol–water partition coefficient (Wildman–Crippen LogP) is 3.40. The van der Waals surface area contributed by atoms with Crippen molar-refractivity contribution in [1.29, 1.82) is 0 Å². The maximum Gasteiger partial charge on any atom is 0.416 e. The molecule has 1 aromatic carbocycles. The fourth-order valence-electron chi connectivity index (χ4n) is 3.18. The fourth-order valence-corrected chi connectivity index (χ4v) is 3.32. The van der Waals surface area contributed by atoms with Gasteiger partial charge in [-0.1, -0.05) is 29.8 Å². The summed E-state index contributed by atoms with van der Waals surface area (Å²) < 4.78 is 41.6. The summed E-state index contributed by atoms with van der Waals surface area (Å²) in [4.78, 5) is 6.00. The second-order valence-electron chi connectivity index (χ2n) is 5.98. The lowest BCUT2D eigenvalue weighted by molar-refractivity contribution is -0.138. The summed E-state index contributed by atoms with van der Waals surface area (Å²) in [5.74, 6) is 0.642. The molecule has 4 nitrogen and oxygen atoms in total. The molecule has 0 aliphatic carbocycles. The molecule has 0 unspecified atom stereocenters. The molecule has 1 aliphatic heterocycles. The first-order valence-corrected chi connectivity index (χ1v) is 7.89. The van der Waals surface area contributed by atoms with E-state index in [1.54, 1.807) is 17.7 Å². The zero-order valence-electron chi connectivity index (χ0n) is 13.0. The number of hydrogen-bond donors (Lipinski definition) is 1. The number of imidazole rings is 1. The molecule has 1 aliphatic rings. The van der Waals surface area contributed by atoms with Crippen LogP contribution in [-0.2, 0) is 19.8 Å². The van der Waals surface area contributed by atoms with Gasteiger partial charge in [0.1, 0.15) is 11.0 Å². The number of nitrogens with zero attached hydrogens (tertiary/aromatic N) is 3. The molecule has 0 spiro atoms. The summed E-state index contributed by atoms with van der Waals surface area (Å²) in [6, 6.07) is 5.00. The van der Waals surface area contributed by atoms with Crippen molar-refractivity contribution < 1.29 is 18.3 Å². The van der Waals surface area contributed by atoms with Gasteiger partial charge in [0.2, 0.25) is 0 Å². The summed E-state index contributed by atoms with van der Waals surface area (Å²) in [6.45, 7) is 0.610. The Morgan fingerprint density at radius 3 is 2.67 bits per heavy atom. The number of hydrogen-bond acceptors (Lipinski definition) is 3. The van der Waals surface area contributed by atoms with Crippen molar-refractivity contribution in [2.24, 2.45) is 7.05 Å². The van der Waals surface area contributed by atoms with Crippen LogP contribution in [0.3, 0.4) is 0 Å². The van der Waals surface area contributed by atoms with Crippen LogP contribution in [-0.4, -0.2) is 32.2 Å². The molecule has 8 heteroatoms. The molecule has 3 rings (SSSR count). The minimum absolute atomic E-state index is 0.182. The SMILES string of the molecule is Cn1c(Cl)cnc1CN1C[C@@H](O)C[C@H]1c1ccccc1C(F)(F)F. The lowest BCUT2D eigenvalue weighted by atomic mass is 9.97. The smallest absolute Gasteiger partial charge is 0.392 e. The van der Waals surface area contributed by atoms with Crippen molar-refractivity contribution in [3.8, 4) is 0 Å². The molecule has 1 N–H and O–H groups in total. The lowest BCUT2D eigenvalue weighted by Gasteiger charge is -2.26. The van der Waals surface area contributed by atoms with E-state index in [1.165, 1.54) is 18.3 Å². The molecule has 2 heterocycles. The van der Waals surface area contributed by atoms with E-state index in [2.05, 4.69) is 4.98 Å². The molecule has 24 heavy (non-hydrogen) atoms. The number of benzene rings is 1. The summed E-state index contributed by atoms with van der Waals surface area (Å²) in [7, 11) is 1.75. The van der Waals surface area contributed by atoms with Crippen molar-refractivity contribution in [2.75, 3.05) is 6.54 Å². The molecule has 0 saturated carbocycles. The average Bonchev–Trinajstić information content (AvgIpc) is 3.04. The van der Waals surface area contributed by atoms with Gasteiger partial charge in [0, 0.05) is 19.6 Å². The highest BCUT2D eigenvalue weighted by atomic mass is 35.5. The molecule has 0 amide bonds. The number of aromatic nitrogens is 2. The molecule has 2 aromatic rings. The minimum Gasteiger partial charge on any atom is -0.392 e. The van der Waals surface area contributed by atoms with Gasteiger partial charge in [-0.3, -0.25) is 4.90 Å². The summed E-state index contributed by atoms with van der Waals surface area (Å²) in [6.07, 6.45) is -3.35. The fraction of sp³-hybridized carbons (Fsp3) is 0.438. The van der Waals surface area contributed by atoms with Gasteiger partial charge in [-0.05, 0) is 18.1 Å². The largest absolute Gasteiger partial charge is 0.416 e. The van der Waals surface area contributed by atoms with Crippen molar-refractivity contribution in [1.82, 2.24) is 14.5 Å². The zero-order chi connectivity index (χ0) is 17.5. The maximum absolute atomic E-state index is 13.3. The van der Waals surface area contributed by atoms with E-state index in [9.17, 15) is 18.3 Å². The van der Waals surface area contributed by atoms with Crippen LogP contribution < -0.4 is 0 Å². The normalized spacial score (nSPS) is 22.2. The Labute approximate surface area is 142 Å². The predicted molar refractivity (Wildman–Crippen MR) is 83.4 cm³/mol. The van der Waals surface area contributed by atoms with Gasteiger partial charge in [-0.15, -0.1) is 0 Å². The molecule has 0 radical (unpaired) electrons. The van der Waals surface area contributed by atoms with Crippen molar-refractivity contribution in [3.63, 3.8) is 0 Å². The van der Waals surface area contributed by atoms with E-state index in [0.29, 0.717) is 24.1 Å². The zero-order valence-corrected chi connectivity index (χ0v) is 13.7. The van der Waals surface area contributed by atoms with E-state index < -0.39 is 23.9 Å². The highest BCUT2D eigenvalue weighted by Crippen LogP contribution is 2.40. The van der Waals surface area contributed by atoms with Gasteiger partial charge in [-0.25, -0.2) is 4.98 Å². The Kier molecular flexibility index (Phi) is 4.59. The second-order valence-corrected chi connectivity index (χ2v) is 6.36. The molecule has 2 atom stereocenters. The van der Waals surface area contributed by atoms with Crippen molar-refractivity contribution >= 4 is 11.6 Å². The average molecular weight is 360 g/mol. The van der Waals surface area contributed by atoms with E-state index in [-0.39, 0.29) is 12.0 Å². The molecule has 1 aromatic heterocycles. The van der Waals surface area contributed by atoms with Gasteiger partial charge in [0.15, 0.2) is 0 Å². The van der Waals surface area contributed by atoms with Crippen LogP contribution in [0.15, 0.2) is 30.5 Å². The number of alkyl halides is 3. The number of likely N-dealkylation sites (tertiary alicyclic amines) is 1. The number of rotatable bonds is 3. The van der Waals surface area contributed by atoms with E-state index in [4.69, 9.17) is 11.6 Å². The van der Waals surface area contributed by atoms with Gasteiger partial charge in [-0.2, -0.15) is 13.2 Å². The molecule has 1 saturated heterocycles. The summed E-state index contributed by atoms with van der Waals surface area (Å²) in [5.41, 5.74) is -0.478. The van der Waals surface area contributed by atoms with Crippen LogP contribution in [0.25, 0.3) is 0 Å². The van der Waals surface area contributed by atoms with Crippen molar-refractivity contribution in [2.45, 2.75) is 31.3 Å². The van der Waals surface area contributed by atoms with E-state index in [1.807, 2.05) is 4.90 Å². The van der Waals surface area contributed by atoms with Crippen LogP contribution in [0.2, 0.25) is 5.15 Å². The monoisotopic (exact) mass is 359 g/mol. The Morgan fingerprint density at radius 2 is 2.04 bits per heavy atom. The Balaban J connectivity index is 1.93. The number of aliphatic hydroxyl groups is 1. The van der Waals surface area contributed by atoms with Crippen LogP contribution in [0, 0.1) is 0 Å². The third-order valence-electron chi connectivity index (χ3n) is 4.38. The first kappa shape index (κ1) is 17.3. The summed E-state index contributed by atoms with van der Waals surface area (Å²) in [5, 5.41) is 10.5. The molecule has 0 bridgehead atoms. The van der Waals surface area contributed by atoms with Crippen molar-refractivity contribution in [3.05, 3.63) is 52.6 Å². The van der Waals surface area contributed by atoms with Crippen LogP contribution in [0.4, 0.5) is 13.2 Å². The number of halogens is 4. The first-order valence-electron chi connectivity index (χ1n) is 7.51. The Morgan fingerprint density at radius 1 is 1.33 bits per heavy atom.